The lowest BCUT2D eigenvalue weighted by atomic mass is 9.80. The Hall–Kier alpha value is -1.84. The van der Waals surface area contributed by atoms with Crippen molar-refractivity contribution in [3.05, 3.63) is 30.3 Å². The van der Waals surface area contributed by atoms with Crippen molar-refractivity contribution in [1.82, 2.24) is 4.90 Å². The van der Waals surface area contributed by atoms with Crippen LogP contribution in [0.1, 0.15) is 51.4 Å². The van der Waals surface area contributed by atoms with E-state index in [2.05, 4.69) is 4.90 Å². The topological polar surface area (TPSA) is 40.6 Å². The first-order chi connectivity index (χ1) is 12.2. The van der Waals surface area contributed by atoms with Crippen molar-refractivity contribution in [2.45, 2.75) is 51.4 Å². The van der Waals surface area contributed by atoms with E-state index in [-0.39, 0.29) is 17.7 Å². The van der Waals surface area contributed by atoms with E-state index in [9.17, 15) is 9.59 Å². The van der Waals surface area contributed by atoms with Crippen molar-refractivity contribution in [3.8, 4) is 0 Å². The molecule has 0 atom stereocenters. The molecule has 1 aromatic carbocycles. The summed E-state index contributed by atoms with van der Waals surface area (Å²) in [6.07, 6.45) is 8.15. The van der Waals surface area contributed by atoms with Crippen molar-refractivity contribution < 1.29 is 9.59 Å². The normalized spacial score (nSPS) is 24.4. The zero-order valence-electron chi connectivity index (χ0n) is 15.3. The molecule has 2 fully saturated rings. The van der Waals surface area contributed by atoms with Crippen LogP contribution < -0.4 is 4.90 Å². The van der Waals surface area contributed by atoms with Crippen molar-refractivity contribution in [1.29, 1.82) is 0 Å². The number of amides is 2. The number of benzene rings is 1. The highest BCUT2D eigenvalue weighted by atomic mass is 16.2. The standard InChI is InChI=1S/C21H30N2O2/c1-22(19-9-5-4-6-10-19)20(24)17-11-13-18(14-12-17)21(25)23-15-7-2-3-8-16-23/h4-6,9-10,17-18H,2-3,7-8,11-16H2,1H3. The van der Waals surface area contributed by atoms with Gasteiger partial charge in [0.2, 0.25) is 11.8 Å². The van der Waals surface area contributed by atoms with Crippen LogP contribution in [0.25, 0.3) is 0 Å². The summed E-state index contributed by atoms with van der Waals surface area (Å²) in [5.41, 5.74) is 0.940. The Bertz CT molecular complexity index is 571. The third-order valence-electron chi connectivity index (χ3n) is 5.82. The molecule has 2 aliphatic rings. The molecule has 136 valence electrons. The van der Waals surface area contributed by atoms with Crippen molar-refractivity contribution in [2.75, 3.05) is 25.0 Å². The van der Waals surface area contributed by atoms with Crippen LogP contribution in [0.2, 0.25) is 0 Å². The number of nitrogens with zero attached hydrogens (tertiary/aromatic N) is 2. The molecule has 0 unspecified atom stereocenters. The highest BCUT2D eigenvalue weighted by molar-refractivity contribution is 5.94. The molecule has 0 N–H and O–H groups in total. The van der Waals surface area contributed by atoms with Crippen LogP contribution in [0.3, 0.4) is 0 Å². The average Bonchev–Trinajstić information content (AvgIpc) is 2.96. The predicted octanol–water partition coefficient (Wildman–Crippen LogP) is 3.86. The predicted molar refractivity (Wildman–Crippen MR) is 100 cm³/mol. The summed E-state index contributed by atoms with van der Waals surface area (Å²) in [6.45, 7) is 1.85. The second kappa shape index (κ2) is 8.50. The summed E-state index contributed by atoms with van der Waals surface area (Å²) < 4.78 is 0. The van der Waals surface area contributed by atoms with Gasteiger partial charge in [-0.2, -0.15) is 0 Å². The molecule has 1 aliphatic carbocycles. The number of hydrogen-bond acceptors (Lipinski definition) is 2. The third kappa shape index (κ3) is 4.42. The van der Waals surface area contributed by atoms with Crippen molar-refractivity contribution in [3.63, 3.8) is 0 Å². The van der Waals surface area contributed by atoms with Gasteiger partial charge in [0.05, 0.1) is 0 Å². The Morgan fingerprint density at radius 2 is 1.44 bits per heavy atom. The molecule has 1 saturated heterocycles. The van der Waals surface area contributed by atoms with Crippen LogP contribution in [0.15, 0.2) is 30.3 Å². The number of hydrogen-bond donors (Lipinski definition) is 0. The van der Waals surface area contributed by atoms with E-state index in [0.29, 0.717) is 5.91 Å². The summed E-state index contributed by atoms with van der Waals surface area (Å²) in [5, 5.41) is 0. The van der Waals surface area contributed by atoms with Crippen LogP contribution >= 0.6 is 0 Å². The van der Waals surface area contributed by atoms with Gasteiger partial charge in [0, 0.05) is 37.7 Å². The molecule has 1 heterocycles. The van der Waals surface area contributed by atoms with Gasteiger partial charge < -0.3 is 9.80 Å². The fraction of sp³-hybridized carbons (Fsp3) is 0.619. The molecule has 4 nitrogen and oxygen atoms in total. The van der Waals surface area contributed by atoms with Crippen molar-refractivity contribution >= 4 is 17.5 Å². The second-order valence-corrected chi connectivity index (χ2v) is 7.52. The molecule has 1 saturated carbocycles. The molecular weight excluding hydrogens is 312 g/mol. The minimum Gasteiger partial charge on any atom is -0.342 e. The molecule has 0 spiro atoms. The van der Waals surface area contributed by atoms with Crippen LogP contribution in [0.4, 0.5) is 5.69 Å². The van der Waals surface area contributed by atoms with Gasteiger partial charge in [-0.05, 0) is 50.7 Å². The quantitative estimate of drug-likeness (QED) is 0.837. The van der Waals surface area contributed by atoms with E-state index >= 15 is 0 Å². The van der Waals surface area contributed by atoms with Crippen LogP contribution in [-0.2, 0) is 9.59 Å². The number of carbonyl (C=O) groups excluding carboxylic acids is 2. The first-order valence-electron chi connectivity index (χ1n) is 9.78. The maximum atomic E-state index is 12.8. The number of para-hydroxylation sites is 1. The highest BCUT2D eigenvalue weighted by Crippen LogP contribution is 2.32. The van der Waals surface area contributed by atoms with E-state index in [0.717, 1.165) is 57.3 Å². The molecule has 0 aromatic heterocycles. The largest absolute Gasteiger partial charge is 0.342 e. The molecular formula is C21H30N2O2. The van der Waals surface area contributed by atoms with E-state index in [1.54, 1.807) is 4.90 Å². The van der Waals surface area contributed by atoms with Gasteiger partial charge in [0.25, 0.3) is 0 Å². The fourth-order valence-corrected chi connectivity index (χ4v) is 4.19. The maximum Gasteiger partial charge on any atom is 0.229 e. The van der Waals surface area contributed by atoms with E-state index < -0.39 is 0 Å². The summed E-state index contributed by atoms with van der Waals surface area (Å²) >= 11 is 0. The number of carbonyl (C=O) groups is 2. The van der Waals surface area contributed by atoms with Gasteiger partial charge in [-0.3, -0.25) is 9.59 Å². The molecule has 1 aromatic rings. The monoisotopic (exact) mass is 342 g/mol. The van der Waals surface area contributed by atoms with Gasteiger partial charge in [0.15, 0.2) is 0 Å². The van der Waals surface area contributed by atoms with Crippen LogP contribution in [0.5, 0.6) is 0 Å². The smallest absolute Gasteiger partial charge is 0.229 e. The third-order valence-corrected chi connectivity index (χ3v) is 5.82. The minimum absolute atomic E-state index is 0.0541. The molecule has 25 heavy (non-hydrogen) atoms. The lowest BCUT2D eigenvalue weighted by Crippen LogP contribution is -2.40. The highest BCUT2D eigenvalue weighted by Gasteiger charge is 2.33. The zero-order valence-corrected chi connectivity index (χ0v) is 15.3. The van der Waals surface area contributed by atoms with Crippen LogP contribution in [-0.4, -0.2) is 36.9 Å². The Labute approximate surface area is 151 Å². The Morgan fingerprint density at radius 3 is 2.04 bits per heavy atom. The Balaban J connectivity index is 1.52. The number of likely N-dealkylation sites (tertiary alicyclic amines) is 1. The van der Waals surface area contributed by atoms with Crippen molar-refractivity contribution in [2.24, 2.45) is 11.8 Å². The lowest BCUT2D eigenvalue weighted by Gasteiger charge is -2.32. The zero-order chi connectivity index (χ0) is 17.6. The molecule has 1 aliphatic heterocycles. The van der Waals surface area contributed by atoms with Gasteiger partial charge in [-0.25, -0.2) is 0 Å². The Kier molecular flexibility index (Phi) is 6.11. The first kappa shape index (κ1) is 18.0. The SMILES string of the molecule is CN(C(=O)C1CCC(C(=O)N2CCCCCC2)CC1)c1ccccc1. The number of anilines is 1. The minimum atomic E-state index is 0.0541. The van der Waals surface area contributed by atoms with E-state index in [1.165, 1.54) is 12.8 Å². The maximum absolute atomic E-state index is 12.8. The summed E-state index contributed by atoms with van der Waals surface area (Å²) in [6, 6.07) is 9.80. The second-order valence-electron chi connectivity index (χ2n) is 7.52. The molecule has 2 amide bonds. The number of rotatable bonds is 3. The first-order valence-corrected chi connectivity index (χ1v) is 9.78. The van der Waals surface area contributed by atoms with E-state index in [4.69, 9.17) is 0 Å². The van der Waals surface area contributed by atoms with Crippen LogP contribution in [0, 0.1) is 11.8 Å². The average molecular weight is 342 g/mol. The lowest BCUT2D eigenvalue weighted by molar-refractivity contribution is -0.138. The molecule has 3 rings (SSSR count). The fourth-order valence-electron chi connectivity index (χ4n) is 4.19. The van der Waals surface area contributed by atoms with Gasteiger partial charge >= 0.3 is 0 Å². The molecule has 0 radical (unpaired) electrons. The molecule has 4 heteroatoms. The van der Waals surface area contributed by atoms with E-state index in [1.807, 2.05) is 37.4 Å². The van der Waals surface area contributed by atoms with Gasteiger partial charge in [-0.15, -0.1) is 0 Å². The summed E-state index contributed by atoms with van der Waals surface area (Å²) in [4.78, 5) is 29.4. The van der Waals surface area contributed by atoms with Gasteiger partial charge in [0.1, 0.15) is 0 Å². The summed E-state index contributed by atoms with van der Waals surface area (Å²) in [5.74, 6) is 0.707. The molecule has 0 bridgehead atoms. The summed E-state index contributed by atoms with van der Waals surface area (Å²) in [7, 11) is 1.85. The Morgan fingerprint density at radius 1 is 0.880 bits per heavy atom. The van der Waals surface area contributed by atoms with Gasteiger partial charge in [-0.1, -0.05) is 31.0 Å².